The highest BCUT2D eigenvalue weighted by Gasteiger charge is 2.70. The van der Waals surface area contributed by atoms with Gasteiger partial charge in [0, 0.05) is 0 Å². The fourth-order valence-corrected chi connectivity index (χ4v) is 18.0. The number of fused-ring (bicyclic) bond motifs is 12. The average Bonchev–Trinajstić information content (AvgIpc) is 3.56. The molecule has 0 bridgehead atoms. The summed E-state index contributed by atoms with van der Waals surface area (Å²) in [7, 11) is 0. The Balaban J connectivity index is 1.22. The SMILES string of the molecule is CCC(CC)C1CC(C(CC)CC)CC2(C1)C1CCC3C4CC5CCCCC5CC4CC3C1C1CC(C(C)(C)C)C3CCCCC3C12. The lowest BCUT2D eigenvalue weighted by atomic mass is 9.45. The Hall–Kier alpha value is 0. The van der Waals surface area contributed by atoms with Crippen molar-refractivity contribution in [2.24, 2.45) is 111 Å². The highest BCUT2D eigenvalue weighted by atomic mass is 14.7. The third-order valence-electron chi connectivity index (χ3n) is 19.5. The smallest absolute Gasteiger partial charge is 0.0227 e. The lowest BCUT2D eigenvalue weighted by molar-refractivity contribution is -0.106. The van der Waals surface area contributed by atoms with Crippen molar-refractivity contribution >= 4 is 0 Å². The minimum atomic E-state index is 0.479. The van der Waals surface area contributed by atoms with Gasteiger partial charge in [-0.15, -0.1) is 0 Å². The fourth-order valence-electron chi connectivity index (χ4n) is 18.0. The number of rotatable bonds is 6. The summed E-state index contributed by atoms with van der Waals surface area (Å²) in [5, 5.41) is 0. The molecule has 0 aliphatic heterocycles. The van der Waals surface area contributed by atoms with Crippen LogP contribution in [0.4, 0.5) is 0 Å². The van der Waals surface area contributed by atoms with Gasteiger partial charge in [0.2, 0.25) is 0 Å². The largest absolute Gasteiger partial charge is 0.0651 e. The first-order valence-electron chi connectivity index (χ1n) is 22.7. The van der Waals surface area contributed by atoms with Crippen LogP contribution in [0, 0.1) is 111 Å². The van der Waals surface area contributed by atoms with E-state index in [1.165, 1.54) is 32.1 Å². The fraction of sp³-hybridized carbons (Fsp3) is 1.00. The lowest BCUT2D eigenvalue weighted by Crippen LogP contribution is -2.52. The highest BCUT2D eigenvalue weighted by Crippen LogP contribution is 2.77. The summed E-state index contributed by atoms with van der Waals surface area (Å²) in [5.74, 6) is 18.1. The van der Waals surface area contributed by atoms with Crippen LogP contribution < -0.4 is 0 Å². The van der Waals surface area contributed by atoms with E-state index < -0.39 is 0 Å². The van der Waals surface area contributed by atoms with E-state index in [-0.39, 0.29) is 0 Å². The molecular weight excluding hydrogens is 565 g/mol. The van der Waals surface area contributed by atoms with Crippen molar-refractivity contribution in [2.75, 3.05) is 0 Å². The summed E-state index contributed by atoms with van der Waals surface area (Å²) >= 11 is 0. The number of hydrogen-bond donors (Lipinski definition) is 0. The van der Waals surface area contributed by atoms with Gasteiger partial charge in [0.1, 0.15) is 0 Å². The maximum absolute atomic E-state index is 2.67. The van der Waals surface area contributed by atoms with Crippen molar-refractivity contribution in [3.05, 3.63) is 0 Å². The predicted molar refractivity (Wildman–Crippen MR) is 201 cm³/mol. The molecule has 8 aliphatic carbocycles. The first-order chi connectivity index (χ1) is 22.7. The molecule has 8 rings (SSSR count). The summed E-state index contributed by atoms with van der Waals surface area (Å²) in [4.78, 5) is 0. The van der Waals surface area contributed by atoms with E-state index in [0.717, 1.165) is 101 Å². The molecule has 47 heavy (non-hydrogen) atoms. The topological polar surface area (TPSA) is 0 Å². The van der Waals surface area contributed by atoms with Crippen molar-refractivity contribution in [2.45, 2.75) is 183 Å². The Bertz CT molecular complexity index is 1030. The lowest BCUT2D eigenvalue weighted by Gasteiger charge is -2.59. The normalized spacial score (nSPS) is 50.9. The Morgan fingerprint density at radius 1 is 0.511 bits per heavy atom. The van der Waals surface area contributed by atoms with Gasteiger partial charge < -0.3 is 0 Å². The summed E-state index contributed by atoms with van der Waals surface area (Å²) in [6, 6.07) is 0. The monoisotopic (exact) mass is 645 g/mol. The third kappa shape index (κ3) is 5.52. The molecule has 15 atom stereocenters. The van der Waals surface area contributed by atoms with Gasteiger partial charge in [-0.3, -0.25) is 0 Å². The summed E-state index contributed by atoms with van der Waals surface area (Å²) < 4.78 is 0. The van der Waals surface area contributed by atoms with Crippen LogP contribution >= 0.6 is 0 Å². The molecule has 8 saturated carbocycles. The molecule has 0 aromatic rings. The van der Waals surface area contributed by atoms with E-state index >= 15 is 0 Å². The molecule has 0 nitrogen and oxygen atoms in total. The molecule has 0 N–H and O–H groups in total. The molecule has 15 unspecified atom stereocenters. The number of hydrogen-bond acceptors (Lipinski definition) is 0. The first-order valence-corrected chi connectivity index (χ1v) is 22.7. The minimum absolute atomic E-state index is 0.479. The van der Waals surface area contributed by atoms with Crippen LogP contribution in [0.2, 0.25) is 0 Å². The summed E-state index contributed by atoms with van der Waals surface area (Å²) in [5.41, 5.74) is 1.16. The minimum Gasteiger partial charge on any atom is -0.0651 e. The second-order valence-electron chi connectivity index (χ2n) is 21.6. The van der Waals surface area contributed by atoms with Crippen molar-refractivity contribution < 1.29 is 0 Å². The van der Waals surface area contributed by atoms with Gasteiger partial charge in [-0.2, -0.15) is 0 Å². The molecule has 268 valence electrons. The molecular formula is C47H80. The van der Waals surface area contributed by atoms with Gasteiger partial charge in [-0.25, -0.2) is 0 Å². The van der Waals surface area contributed by atoms with Gasteiger partial charge in [0.25, 0.3) is 0 Å². The van der Waals surface area contributed by atoms with Crippen molar-refractivity contribution in [3.8, 4) is 0 Å². The zero-order valence-electron chi connectivity index (χ0n) is 32.7. The summed E-state index contributed by atoms with van der Waals surface area (Å²) in [6.07, 6.45) is 33.1. The van der Waals surface area contributed by atoms with Crippen molar-refractivity contribution in [1.82, 2.24) is 0 Å². The zero-order valence-corrected chi connectivity index (χ0v) is 32.7. The Morgan fingerprint density at radius 2 is 1.09 bits per heavy atom. The van der Waals surface area contributed by atoms with E-state index in [9.17, 15) is 0 Å². The molecule has 8 aliphatic rings. The second-order valence-corrected chi connectivity index (χ2v) is 21.6. The van der Waals surface area contributed by atoms with Crippen LogP contribution in [-0.4, -0.2) is 0 Å². The van der Waals surface area contributed by atoms with E-state index in [2.05, 4.69) is 48.5 Å². The van der Waals surface area contributed by atoms with Crippen LogP contribution in [0.3, 0.4) is 0 Å². The van der Waals surface area contributed by atoms with Crippen LogP contribution in [0.1, 0.15) is 183 Å². The van der Waals surface area contributed by atoms with E-state index in [1.54, 1.807) is 103 Å². The van der Waals surface area contributed by atoms with Gasteiger partial charge in [0.05, 0.1) is 0 Å². The molecule has 0 heteroatoms. The van der Waals surface area contributed by atoms with Crippen molar-refractivity contribution in [1.29, 1.82) is 0 Å². The van der Waals surface area contributed by atoms with Crippen LogP contribution in [0.25, 0.3) is 0 Å². The van der Waals surface area contributed by atoms with Gasteiger partial charge in [-0.1, -0.05) is 113 Å². The van der Waals surface area contributed by atoms with Gasteiger partial charge >= 0.3 is 0 Å². The molecule has 0 aromatic carbocycles. The van der Waals surface area contributed by atoms with Crippen LogP contribution in [-0.2, 0) is 0 Å². The first kappa shape index (κ1) is 34.1. The second kappa shape index (κ2) is 13.2. The molecule has 0 aromatic heterocycles. The molecule has 0 radical (unpaired) electrons. The quantitative estimate of drug-likeness (QED) is 0.270. The standard InChI is InChI=1S/C47H80/c1-8-29(9-2)34-23-35(30(10-3)11-4)28-47(27-34)42-21-20-36-39-24-32-17-13-12-16-31(32)22-33(39)25-40(36)44(42)41-26-43(46(5,6)7)37-18-14-15-19-38(37)45(41)47/h29-45H,8-28H2,1-7H3. The Kier molecular flexibility index (Phi) is 9.58. The van der Waals surface area contributed by atoms with E-state index in [4.69, 9.17) is 0 Å². The van der Waals surface area contributed by atoms with E-state index in [0.29, 0.717) is 10.8 Å². The molecule has 0 saturated heterocycles. The van der Waals surface area contributed by atoms with Crippen LogP contribution in [0.15, 0.2) is 0 Å². The van der Waals surface area contributed by atoms with Gasteiger partial charge in [0.15, 0.2) is 0 Å². The van der Waals surface area contributed by atoms with Crippen molar-refractivity contribution in [3.63, 3.8) is 0 Å². The van der Waals surface area contributed by atoms with Gasteiger partial charge in [-0.05, 0) is 182 Å². The molecule has 1 spiro atoms. The average molecular weight is 645 g/mol. The maximum Gasteiger partial charge on any atom is -0.0227 e. The Labute approximate surface area is 293 Å². The Morgan fingerprint density at radius 3 is 1.70 bits per heavy atom. The third-order valence-corrected chi connectivity index (χ3v) is 19.5. The zero-order chi connectivity index (χ0) is 32.7. The van der Waals surface area contributed by atoms with Crippen LogP contribution in [0.5, 0.6) is 0 Å². The molecule has 0 amide bonds. The summed E-state index contributed by atoms with van der Waals surface area (Å²) in [6.45, 7) is 18.3. The predicted octanol–water partition coefficient (Wildman–Crippen LogP) is 13.9. The van der Waals surface area contributed by atoms with E-state index in [1.807, 2.05) is 0 Å². The molecule has 8 fully saturated rings. The highest BCUT2D eigenvalue weighted by molar-refractivity contribution is 5.19. The molecule has 0 heterocycles. The maximum atomic E-state index is 2.67.